The highest BCUT2D eigenvalue weighted by atomic mass is 79.9. The first kappa shape index (κ1) is 12.1. The number of ether oxygens (including phenoxy) is 1. The van der Waals surface area contributed by atoms with Gasteiger partial charge in [-0.05, 0) is 33.4 Å². The minimum absolute atomic E-state index is 0.0518. The molecule has 0 fully saturated rings. The predicted octanol–water partition coefficient (Wildman–Crippen LogP) is 3.18. The van der Waals surface area contributed by atoms with E-state index in [0.29, 0.717) is 11.1 Å². The minimum atomic E-state index is -1.06. The van der Waals surface area contributed by atoms with Crippen LogP contribution in [0.4, 0.5) is 0 Å². The molecule has 0 aliphatic heterocycles. The third-order valence-corrected chi connectivity index (χ3v) is 3.26. The normalized spacial score (nSPS) is 10.2. The molecule has 0 unspecified atom stereocenters. The van der Waals surface area contributed by atoms with Crippen molar-refractivity contribution in [2.45, 2.75) is 6.61 Å². The van der Waals surface area contributed by atoms with Crippen LogP contribution in [0.3, 0.4) is 0 Å². The van der Waals surface area contributed by atoms with Crippen molar-refractivity contribution in [3.63, 3.8) is 0 Å². The smallest absolute Gasteiger partial charge is 0.341 e. The predicted molar refractivity (Wildman–Crippen MR) is 67.5 cm³/mol. The summed E-state index contributed by atoms with van der Waals surface area (Å²) in [6.07, 6.45) is 1.51. The van der Waals surface area contributed by atoms with Crippen molar-refractivity contribution < 1.29 is 14.6 Å². The van der Waals surface area contributed by atoms with Crippen LogP contribution >= 0.6 is 27.3 Å². The van der Waals surface area contributed by atoms with Crippen LogP contribution in [0.25, 0.3) is 0 Å². The molecule has 0 aliphatic carbocycles. The number of nitrogens with zero attached hydrogens (tertiary/aromatic N) is 1. The second-order valence-electron chi connectivity index (χ2n) is 3.18. The van der Waals surface area contributed by atoms with Gasteiger partial charge in [-0.25, -0.2) is 9.78 Å². The van der Waals surface area contributed by atoms with Gasteiger partial charge in [0.1, 0.15) is 12.2 Å². The number of rotatable bonds is 4. The Kier molecular flexibility index (Phi) is 3.75. The molecule has 1 N–H and O–H groups in total. The molecule has 0 amide bonds. The summed E-state index contributed by atoms with van der Waals surface area (Å²) in [5.41, 5.74) is 0.0518. The van der Waals surface area contributed by atoms with Crippen LogP contribution in [-0.2, 0) is 6.61 Å². The molecule has 17 heavy (non-hydrogen) atoms. The number of halogens is 1. The topological polar surface area (TPSA) is 59.4 Å². The van der Waals surface area contributed by atoms with E-state index in [1.165, 1.54) is 12.3 Å². The monoisotopic (exact) mass is 313 g/mol. The van der Waals surface area contributed by atoms with Gasteiger partial charge >= 0.3 is 5.97 Å². The summed E-state index contributed by atoms with van der Waals surface area (Å²) in [5.74, 6) is -0.922. The summed E-state index contributed by atoms with van der Waals surface area (Å²) in [5, 5.41) is 10.9. The van der Waals surface area contributed by atoms with E-state index >= 15 is 0 Å². The Morgan fingerprint density at radius 1 is 1.59 bits per heavy atom. The average Bonchev–Trinajstić information content (AvgIpc) is 2.80. The Bertz CT molecular complexity index is 528. The van der Waals surface area contributed by atoms with E-state index < -0.39 is 5.97 Å². The number of hydrogen-bond donors (Lipinski definition) is 1. The summed E-state index contributed by atoms with van der Waals surface area (Å²) in [6, 6.07) is 5.31. The first-order chi connectivity index (χ1) is 8.16. The first-order valence-corrected chi connectivity index (χ1v) is 6.38. The highest BCUT2D eigenvalue weighted by Gasteiger charge is 2.13. The van der Waals surface area contributed by atoms with Gasteiger partial charge in [-0.2, -0.15) is 0 Å². The van der Waals surface area contributed by atoms with E-state index in [2.05, 4.69) is 20.9 Å². The number of thiophene rings is 1. The molecule has 88 valence electrons. The van der Waals surface area contributed by atoms with Gasteiger partial charge < -0.3 is 9.84 Å². The van der Waals surface area contributed by atoms with Crippen molar-refractivity contribution in [2.24, 2.45) is 0 Å². The van der Waals surface area contributed by atoms with Crippen LogP contribution in [-0.4, -0.2) is 16.1 Å². The zero-order valence-electron chi connectivity index (χ0n) is 8.59. The number of aromatic nitrogens is 1. The molecule has 4 nitrogen and oxygen atoms in total. The van der Waals surface area contributed by atoms with Crippen LogP contribution in [0, 0.1) is 0 Å². The Hall–Kier alpha value is -1.40. The fourth-order valence-corrected chi connectivity index (χ4v) is 2.18. The molecule has 2 aromatic heterocycles. The van der Waals surface area contributed by atoms with E-state index in [4.69, 9.17) is 9.84 Å². The van der Waals surface area contributed by atoms with Gasteiger partial charge in [-0.1, -0.05) is 6.07 Å². The van der Waals surface area contributed by atoms with Gasteiger partial charge in [-0.3, -0.25) is 0 Å². The summed E-state index contributed by atoms with van der Waals surface area (Å²) in [6.45, 7) is 0.326. The molecular weight excluding hydrogens is 306 g/mol. The maximum atomic E-state index is 11.0. The van der Waals surface area contributed by atoms with Crippen molar-refractivity contribution in [3.05, 3.63) is 44.7 Å². The lowest BCUT2D eigenvalue weighted by Crippen LogP contribution is -2.04. The van der Waals surface area contributed by atoms with Crippen molar-refractivity contribution >= 4 is 33.2 Å². The third kappa shape index (κ3) is 3.04. The number of pyridine rings is 1. The average molecular weight is 314 g/mol. The van der Waals surface area contributed by atoms with Gasteiger partial charge in [0.15, 0.2) is 0 Å². The molecule has 0 spiro atoms. The van der Waals surface area contributed by atoms with E-state index in [0.717, 1.165) is 4.88 Å². The van der Waals surface area contributed by atoms with E-state index in [1.807, 2.05) is 17.5 Å². The molecule has 0 atom stereocenters. The zero-order chi connectivity index (χ0) is 12.3. The molecule has 0 aliphatic rings. The van der Waals surface area contributed by atoms with E-state index in [9.17, 15) is 4.79 Å². The number of carbonyl (C=O) groups is 1. The lowest BCUT2D eigenvalue weighted by molar-refractivity contribution is 0.0690. The molecular formula is C11H8BrNO3S. The summed E-state index contributed by atoms with van der Waals surface area (Å²) < 4.78 is 6.01. The second kappa shape index (κ2) is 5.29. The standard InChI is InChI=1S/C11H8BrNO3S/c12-7-4-9(11(14)15)10(13-5-7)16-6-8-2-1-3-17-8/h1-5H,6H2,(H,14,15). The third-order valence-electron chi connectivity index (χ3n) is 1.98. The number of carboxylic acids is 1. The molecule has 6 heteroatoms. The van der Waals surface area contributed by atoms with Gasteiger partial charge in [0.25, 0.3) is 0 Å². The summed E-state index contributed by atoms with van der Waals surface area (Å²) >= 11 is 4.73. The molecule has 0 saturated heterocycles. The summed E-state index contributed by atoms with van der Waals surface area (Å²) in [7, 11) is 0. The number of carboxylic acid groups (broad SMARTS) is 1. The molecule has 0 saturated carbocycles. The minimum Gasteiger partial charge on any atom is -0.477 e. The largest absolute Gasteiger partial charge is 0.477 e. The van der Waals surface area contributed by atoms with Crippen molar-refractivity contribution in [1.82, 2.24) is 4.98 Å². The SMILES string of the molecule is O=C(O)c1cc(Br)cnc1OCc1cccs1. The lowest BCUT2D eigenvalue weighted by atomic mass is 10.3. The fourth-order valence-electron chi connectivity index (χ4n) is 1.23. The van der Waals surface area contributed by atoms with Crippen molar-refractivity contribution in [1.29, 1.82) is 0 Å². The Labute approximate surface area is 110 Å². The quantitative estimate of drug-likeness (QED) is 0.941. The summed E-state index contributed by atoms with van der Waals surface area (Å²) in [4.78, 5) is 16.0. The highest BCUT2D eigenvalue weighted by molar-refractivity contribution is 9.10. The molecule has 0 aromatic carbocycles. The van der Waals surface area contributed by atoms with Crippen LogP contribution in [0.2, 0.25) is 0 Å². The lowest BCUT2D eigenvalue weighted by Gasteiger charge is -2.06. The van der Waals surface area contributed by atoms with Crippen molar-refractivity contribution in [2.75, 3.05) is 0 Å². The zero-order valence-corrected chi connectivity index (χ0v) is 11.0. The van der Waals surface area contributed by atoms with E-state index in [-0.39, 0.29) is 11.4 Å². The van der Waals surface area contributed by atoms with Gasteiger partial charge in [0.2, 0.25) is 5.88 Å². The highest BCUT2D eigenvalue weighted by Crippen LogP contribution is 2.21. The number of hydrogen-bond acceptors (Lipinski definition) is 4. The van der Waals surface area contributed by atoms with Gasteiger partial charge in [0, 0.05) is 15.5 Å². The van der Waals surface area contributed by atoms with Gasteiger partial charge in [0.05, 0.1) is 0 Å². The Balaban J connectivity index is 2.17. The first-order valence-electron chi connectivity index (χ1n) is 4.71. The van der Waals surface area contributed by atoms with E-state index in [1.54, 1.807) is 11.3 Å². The maximum absolute atomic E-state index is 11.0. The van der Waals surface area contributed by atoms with Gasteiger partial charge in [-0.15, -0.1) is 11.3 Å². The van der Waals surface area contributed by atoms with Crippen LogP contribution in [0.5, 0.6) is 5.88 Å². The Morgan fingerprint density at radius 2 is 2.41 bits per heavy atom. The maximum Gasteiger partial charge on any atom is 0.341 e. The Morgan fingerprint density at radius 3 is 3.06 bits per heavy atom. The van der Waals surface area contributed by atoms with Crippen LogP contribution < -0.4 is 4.74 Å². The molecule has 2 aromatic rings. The molecule has 0 radical (unpaired) electrons. The molecule has 0 bridgehead atoms. The second-order valence-corrected chi connectivity index (χ2v) is 5.13. The molecule has 2 rings (SSSR count). The molecule has 2 heterocycles. The fraction of sp³-hybridized carbons (Fsp3) is 0.0909. The number of aromatic carboxylic acids is 1. The van der Waals surface area contributed by atoms with Crippen molar-refractivity contribution in [3.8, 4) is 5.88 Å². The van der Waals surface area contributed by atoms with Crippen LogP contribution in [0.1, 0.15) is 15.2 Å². The van der Waals surface area contributed by atoms with Crippen LogP contribution in [0.15, 0.2) is 34.2 Å².